The van der Waals surface area contributed by atoms with Gasteiger partial charge in [0.15, 0.2) is 5.16 Å². The van der Waals surface area contributed by atoms with E-state index >= 15 is 0 Å². The van der Waals surface area contributed by atoms with E-state index in [9.17, 15) is 4.79 Å². The Morgan fingerprint density at radius 1 is 1.59 bits per heavy atom. The monoisotopic (exact) mass is 255 g/mol. The molecule has 0 unspecified atom stereocenters. The van der Waals surface area contributed by atoms with Crippen LogP contribution in [-0.4, -0.2) is 39.0 Å². The van der Waals surface area contributed by atoms with Gasteiger partial charge in [0.2, 0.25) is 5.91 Å². The number of aryl methyl sites for hydroxylation is 1. The molecule has 1 aliphatic rings. The van der Waals surface area contributed by atoms with Gasteiger partial charge in [-0.1, -0.05) is 11.8 Å². The van der Waals surface area contributed by atoms with Crippen molar-refractivity contribution in [2.24, 2.45) is 5.73 Å². The molecule has 0 bridgehead atoms. The largest absolute Gasteiger partial charge is 0.353 e. The molecule has 0 atom stereocenters. The van der Waals surface area contributed by atoms with Gasteiger partial charge in [0.05, 0.1) is 5.75 Å². The van der Waals surface area contributed by atoms with Crippen LogP contribution in [0.5, 0.6) is 0 Å². The van der Waals surface area contributed by atoms with E-state index in [0.29, 0.717) is 24.9 Å². The second-order valence-electron chi connectivity index (χ2n) is 4.10. The fourth-order valence-corrected chi connectivity index (χ4v) is 2.30. The topological polar surface area (TPSA) is 85.8 Å². The Labute approximate surface area is 104 Å². The quantitative estimate of drug-likeness (QED) is 0.694. The summed E-state index contributed by atoms with van der Waals surface area (Å²) in [5, 5.41) is 11.7. The summed E-state index contributed by atoms with van der Waals surface area (Å²) in [6.45, 7) is 3.11. The van der Waals surface area contributed by atoms with Crippen molar-refractivity contribution in [1.29, 1.82) is 0 Å². The zero-order valence-electron chi connectivity index (χ0n) is 9.85. The number of carbonyl (C=O) groups excluding carboxylic acids is 1. The molecular formula is C10H17N5OS. The zero-order chi connectivity index (χ0) is 12.3. The Bertz CT molecular complexity index is 401. The van der Waals surface area contributed by atoms with Gasteiger partial charge >= 0.3 is 0 Å². The van der Waals surface area contributed by atoms with E-state index in [1.54, 1.807) is 0 Å². The van der Waals surface area contributed by atoms with E-state index in [-0.39, 0.29) is 5.91 Å². The lowest BCUT2D eigenvalue weighted by Gasteiger charge is -2.06. The number of thioether (sulfide) groups is 1. The Morgan fingerprint density at radius 3 is 3.00 bits per heavy atom. The molecule has 1 saturated carbocycles. The summed E-state index contributed by atoms with van der Waals surface area (Å²) in [5.41, 5.74) is 5.52. The molecule has 1 aromatic rings. The lowest BCUT2D eigenvalue weighted by molar-refractivity contribution is -0.118. The standard InChI is InChI=1S/C10H17N5OS/c1-7-13-14-10(15(7)5-4-11)17-6-9(16)12-8-2-3-8/h8H,2-6,11H2,1H3,(H,12,16). The molecule has 1 aliphatic carbocycles. The third kappa shape index (κ3) is 3.44. The van der Waals surface area contributed by atoms with Gasteiger partial charge in [-0.25, -0.2) is 0 Å². The maximum Gasteiger partial charge on any atom is 0.230 e. The number of hydrogen-bond donors (Lipinski definition) is 2. The first-order valence-corrected chi connectivity index (χ1v) is 6.71. The molecule has 0 aliphatic heterocycles. The van der Waals surface area contributed by atoms with Crippen LogP contribution in [-0.2, 0) is 11.3 Å². The van der Waals surface area contributed by atoms with Crippen molar-refractivity contribution in [1.82, 2.24) is 20.1 Å². The Balaban J connectivity index is 1.86. The average Bonchev–Trinajstić information content (AvgIpc) is 3.04. The summed E-state index contributed by atoms with van der Waals surface area (Å²) in [6.07, 6.45) is 2.22. The van der Waals surface area contributed by atoms with E-state index in [1.165, 1.54) is 11.8 Å². The molecule has 94 valence electrons. The van der Waals surface area contributed by atoms with Crippen LogP contribution < -0.4 is 11.1 Å². The number of hydrogen-bond acceptors (Lipinski definition) is 5. The summed E-state index contributed by atoms with van der Waals surface area (Å²) >= 11 is 1.41. The van der Waals surface area contributed by atoms with Crippen molar-refractivity contribution in [3.63, 3.8) is 0 Å². The normalized spacial score (nSPS) is 14.9. The van der Waals surface area contributed by atoms with Crippen LogP contribution in [0.25, 0.3) is 0 Å². The molecular weight excluding hydrogens is 238 g/mol. The third-order valence-corrected chi connectivity index (χ3v) is 3.50. The molecule has 6 nitrogen and oxygen atoms in total. The highest BCUT2D eigenvalue weighted by molar-refractivity contribution is 7.99. The Morgan fingerprint density at radius 2 is 2.35 bits per heavy atom. The number of nitrogens with one attached hydrogen (secondary N) is 1. The van der Waals surface area contributed by atoms with Gasteiger partial charge < -0.3 is 15.6 Å². The van der Waals surface area contributed by atoms with E-state index in [0.717, 1.165) is 23.8 Å². The lowest BCUT2D eigenvalue weighted by atomic mass is 10.6. The molecule has 1 amide bonds. The number of nitrogens with two attached hydrogens (primary N) is 1. The van der Waals surface area contributed by atoms with Crippen molar-refractivity contribution in [3.8, 4) is 0 Å². The molecule has 1 aromatic heterocycles. The summed E-state index contributed by atoms with van der Waals surface area (Å²) in [4.78, 5) is 11.5. The summed E-state index contributed by atoms with van der Waals surface area (Å²) in [6, 6.07) is 0.409. The molecule has 17 heavy (non-hydrogen) atoms. The van der Waals surface area contributed by atoms with Crippen molar-refractivity contribution in [2.75, 3.05) is 12.3 Å². The predicted molar refractivity (Wildman–Crippen MR) is 65.7 cm³/mol. The van der Waals surface area contributed by atoms with E-state index in [1.807, 2.05) is 11.5 Å². The van der Waals surface area contributed by atoms with Crippen LogP contribution in [0.3, 0.4) is 0 Å². The van der Waals surface area contributed by atoms with Crippen LogP contribution in [0.1, 0.15) is 18.7 Å². The van der Waals surface area contributed by atoms with Gasteiger partial charge in [-0.3, -0.25) is 4.79 Å². The van der Waals surface area contributed by atoms with E-state index in [2.05, 4.69) is 15.5 Å². The first kappa shape index (κ1) is 12.4. The minimum absolute atomic E-state index is 0.0671. The molecule has 0 radical (unpaired) electrons. The number of aromatic nitrogens is 3. The van der Waals surface area contributed by atoms with Gasteiger partial charge in [0.25, 0.3) is 0 Å². The van der Waals surface area contributed by atoms with Crippen molar-refractivity contribution in [2.45, 2.75) is 37.5 Å². The maximum absolute atomic E-state index is 11.5. The van der Waals surface area contributed by atoms with Crippen LogP contribution in [0, 0.1) is 6.92 Å². The van der Waals surface area contributed by atoms with Gasteiger partial charge in [0, 0.05) is 19.1 Å². The molecule has 0 saturated heterocycles. The molecule has 1 heterocycles. The van der Waals surface area contributed by atoms with Gasteiger partial charge in [-0.2, -0.15) is 0 Å². The SMILES string of the molecule is Cc1nnc(SCC(=O)NC2CC2)n1CCN. The van der Waals surface area contributed by atoms with Crippen molar-refractivity contribution in [3.05, 3.63) is 5.82 Å². The van der Waals surface area contributed by atoms with Gasteiger partial charge in [-0.15, -0.1) is 10.2 Å². The van der Waals surface area contributed by atoms with Gasteiger partial charge in [-0.05, 0) is 19.8 Å². The van der Waals surface area contributed by atoms with Crippen LogP contribution in [0.15, 0.2) is 5.16 Å². The third-order valence-electron chi connectivity index (χ3n) is 2.53. The molecule has 0 aromatic carbocycles. The van der Waals surface area contributed by atoms with Crippen LogP contribution >= 0.6 is 11.8 Å². The molecule has 2 rings (SSSR count). The van der Waals surface area contributed by atoms with E-state index < -0.39 is 0 Å². The van der Waals surface area contributed by atoms with Gasteiger partial charge in [0.1, 0.15) is 5.82 Å². The van der Waals surface area contributed by atoms with Crippen LogP contribution in [0.4, 0.5) is 0 Å². The van der Waals surface area contributed by atoms with E-state index in [4.69, 9.17) is 5.73 Å². The summed E-state index contributed by atoms with van der Waals surface area (Å²) in [5.74, 6) is 1.29. The number of carbonyl (C=O) groups is 1. The molecule has 1 fully saturated rings. The highest BCUT2D eigenvalue weighted by Crippen LogP contribution is 2.20. The smallest absolute Gasteiger partial charge is 0.230 e. The van der Waals surface area contributed by atoms with Crippen molar-refractivity contribution < 1.29 is 4.79 Å². The highest BCUT2D eigenvalue weighted by Gasteiger charge is 2.23. The molecule has 0 spiro atoms. The second-order valence-corrected chi connectivity index (χ2v) is 5.04. The summed E-state index contributed by atoms with van der Waals surface area (Å²) in [7, 11) is 0. The average molecular weight is 255 g/mol. The van der Waals surface area contributed by atoms with Crippen LogP contribution in [0.2, 0.25) is 0 Å². The fraction of sp³-hybridized carbons (Fsp3) is 0.700. The first-order valence-electron chi connectivity index (χ1n) is 5.72. The zero-order valence-corrected chi connectivity index (χ0v) is 10.7. The van der Waals surface area contributed by atoms with Crippen molar-refractivity contribution >= 4 is 17.7 Å². The number of rotatable bonds is 6. The first-order chi connectivity index (χ1) is 8.20. The minimum atomic E-state index is 0.0671. The number of amides is 1. The second kappa shape index (κ2) is 5.50. The minimum Gasteiger partial charge on any atom is -0.353 e. The Kier molecular flexibility index (Phi) is 4.01. The Hall–Kier alpha value is -1.08. The fourth-order valence-electron chi connectivity index (χ4n) is 1.48. The number of nitrogens with zero attached hydrogens (tertiary/aromatic N) is 3. The molecule has 7 heteroatoms. The lowest BCUT2D eigenvalue weighted by Crippen LogP contribution is -2.27. The molecule has 3 N–H and O–H groups in total. The maximum atomic E-state index is 11.5. The summed E-state index contributed by atoms with van der Waals surface area (Å²) < 4.78 is 1.94. The highest BCUT2D eigenvalue weighted by atomic mass is 32.2. The predicted octanol–water partition coefficient (Wildman–Crippen LogP) is -0.0841.